The van der Waals surface area contributed by atoms with E-state index in [1.165, 1.54) is 58.2 Å². The van der Waals surface area contributed by atoms with Gasteiger partial charge in [0.05, 0.1) is 0 Å². The maximum atomic E-state index is 5.96. The fraction of sp³-hybridized carbons (Fsp3) is 1.00. The van der Waals surface area contributed by atoms with Gasteiger partial charge in [-0.15, -0.1) is 0 Å². The van der Waals surface area contributed by atoms with Gasteiger partial charge in [0.25, 0.3) is 0 Å². The molecule has 1 aliphatic heterocycles. The number of hydrogen-bond donors (Lipinski definition) is 1. The van der Waals surface area contributed by atoms with Gasteiger partial charge in [-0.1, -0.05) is 12.8 Å². The summed E-state index contributed by atoms with van der Waals surface area (Å²) in [4.78, 5) is 5.09. The summed E-state index contributed by atoms with van der Waals surface area (Å²) in [5.74, 6) is 1.68. The monoisotopic (exact) mass is 253 g/mol. The van der Waals surface area contributed by atoms with E-state index >= 15 is 0 Å². The van der Waals surface area contributed by atoms with E-state index in [1.54, 1.807) is 0 Å². The highest BCUT2D eigenvalue weighted by Crippen LogP contribution is 2.30. The summed E-state index contributed by atoms with van der Waals surface area (Å²) in [7, 11) is 4.38. The predicted octanol–water partition coefficient (Wildman–Crippen LogP) is 1.78. The molecule has 106 valence electrons. The van der Waals surface area contributed by atoms with E-state index in [0.717, 1.165) is 24.4 Å². The Morgan fingerprint density at radius 2 is 1.72 bits per heavy atom. The second-order valence-electron chi connectivity index (χ2n) is 6.59. The van der Waals surface area contributed by atoms with Gasteiger partial charge in [-0.3, -0.25) is 0 Å². The van der Waals surface area contributed by atoms with Crippen molar-refractivity contribution in [2.24, 2.45) is 17.6 Å². The molecule has 0 aromatic carbocycles. The van der Waals surface area contributed by atoms with Crippen LogP contribution in [-0.2, 0) is 0 Å². The lowest BCUT2D eigenvalue weighted by Crippen LogP contribution is -2.49. The van der Waals surface area contributed by atoms with Crippen LogP contribution in [0.4, 0.5) is 0 Å². The van der Waals surface area contributed by atoms with Crippen LogP contribution in [0, 0.1) is 11.8 Å². The molecule has 0 aromatic rings. The van der Waals surface area contributed by atoms with Gasteiger partial charge in [-0.25, -0.2) is 0 Å². The van der Waals surface area contributed by atoms with Crippen LogP contribution < -0.4 is 5.73 Å². The Morgan fingerprint density at radius 1 is 1.06 bits per heavy atom. The fourth-order valence-electron chi connectivity index (χ4n) is 3.93. The van der Waals surface area contributed by atoms with Crippen molar-refractivity contribution < 1.29 is 0 Å². The van der Waals surface area contributed by atoms with E-state index in [4.69, 9.17) is 5.73 Å². The van der Waals surface area contributed by atoms with Crippen LogP contribution in [0.2, 0.25) is 0 Å². The van der Waals surface area contributed by atoms with Crippen molar-refractivity contribution in [3.8, 4) is 0 Å². The van der Waals surface area contributed by atoms with Crippen LogP contribution in [0.25, 0.3) is 0 Å². The molecule has 2 aliphatic rings. The molecule has 3 heteroatoms. The van der Waals surface area contributed by atoms with E-state index in [2.05, 4.69) is 23.9 Å². The molecule has 0 bridgehead atoms. The summed E-state index contributed by atoms with van der Waals surface area (Å²) in [5.41, 5.74) is 5.96. The Balaban J connectivity index is 1.81. The van der Waals surface area contributed by atoms with E-state index in [-0.39, 0.29) is 0 Å². The number of likely N-dealkylation sites (tertiary alicyclic amines) is 1. The molecule has 2 N–H and O–H groups in total. The van der Waals surface area contributed by atoms with Gasteiger partial charge >= 0.3 is 0 Å². The molecular formula is C15H31N3. The van der Waals surface area contributed by atoms with Gasteiger partial charge in [-0.05, 0) is 71.2 Å². The van der Waals surface area contributed by atoms with E-state index in [9.17, 15) is 0 Å². The van der Waals surface area contributed by atoms with Gasteiger partial charge in [0, 0.05) is 12.6 Å². The normalized spacial score (nSPS) is 32.0. The van der Waals surface area contributed by atoms with Gasteiger partial charge in [0.15, 0.2) is 0 Å². The lowest BCUT2D eigenvalue weighted by atomic mass is 9.82. The molecule has 0 radical (unpaired) electrons. The zero-order valence-corrected chi connectivity index (χ0v) is 12.3. The quantitative estimate of drug-likeness (QED) is 0.829. The molecule has 18 heavy (non-hydrogen) atoms. The first-order valence-electron chi connectivity index (χ1n) is 7.79. The second kappa shape index (κ2) is 6.88. The van der Waals surface area contributed by atoms with Gasteiger partial charge in [0.2, 0.25) is 0 Å². The molecule has 0 spiro atoms. The largest absolute Gasteiger partial charge is 0.330 e. The molecule has 1 aliphatic carbocycles. The van der Waals surface area contributed by atoms with Crippen molar-refractivity contribution in [3.05, 3.63) is 0 Å². The van der Waals surface area contributed by atoms with Crippen LogP contribution in [0.5, 0.6) is 0 Å². The van der Waals surface area contributed by atoms with Crippen LogP contribution in [0.15, 0.2) is 0 Å². The molecule has 1 saturated carbocycles. The average Bonchev–Trinajstić information content (AvgIpc) is 2.39. The van der Waals surface area contributed by atoms with Crippen molar-refractivity contribution >= 4 is 0 Å². The first-order valence-corrected chi connectivity index (χ1v) is 7.79. The van der Waals surface area contributed by atoms with Gasteiger partial charge in [0.1, 0.15) is 0 Å². The summed E-state index contributed by atoms with van der Waals surface area (Å²) in [6.07, 6.45) is 8.32. The van der Waals surface area contributed by atoms with Crippen LogP contribution in [0.3, 0.4) is 0 Å². The fourth-order valence-corrected chi connectivity index (χ4v) is 3.93. The maximum absolute atomic E-state index is 5.96. The third kappa shape index (κ3) is 3.69. The number of piperidine rings is 1. The highest BCUT2D eigenvalue weighted by molar-refractivity contribution is 4.86. The summed E-state index contributed by atoms with van der Waals surface area (Å²) in [6.45, 7) is 4.76. The molecule has 2 unspecified atom stereocenters. The highest BCUT2D eigenvalue weighted by atomic mass is 15.2. The first-order chi connectivity index (χ1) is 8.70. The Bertz CT molecular complexity index is 234. The lowest BCUT2D eigenvalue weighted by molar-refractivity contribution is 0.0658. The van der Waals surface area contributed by atoms with E-state index in [0.29, 0.717) is 0 Å². The van der Waals surface area contributed by atoms with Crippen LogP contribution in [-0.4, -0.2) is 56.1 Å². The maximum Gasteiger partial charge on any atom is 0.0136 e. The highest BCUT2D eigenvalue weighted by Gasteiger charge is 2.31. The van der Waals surface area contributed by atoms with Crippen molar-refractivity contribution in [3.63, 3.8) is 0 Å². The second-order valence-corrected chi connectivity index (χ2v) is 6.59. The molecule has 0 amide bonds. The number of rotatable bonds is 4. The molecular weight excluding hydrogens is 222 g/mol. The molecule has 1 heterocycles. The first kappa shape index (κ1) is 14.3. The summed E-state index contributed by atoms with van der Waals surface area (Å²) in [6, 6.07) is 0.795. The number of nitrogens with zero attached hydrogens (tertiary/aromatic N) is 2. The lowest BCUT2D eigenvalue weighted by Gasteiger charge is -2.43. The summed E-state index contributed by atoms with van der Waals surface area (Å²) < 4.78 is 0. The minimum atomic E-state index is 0.768. The zero-order valence-electron chi connectivity index (χ0n) is 12.3. The molecule has 2 fully saturated rings. The van der Waals surface area contributed by atoms with E-state index in [1.807, 2.05) is 0 Å². The Morgan fingerprint density at radius 3 is 2.33 bits per heavy atom. The SMILES string of the molecule is CN(C)CC1CCN(C2CCCCC2CN)CC1. The van der Waals surface area contributed by atoms with Crippen molar-refractivity contribution in [2.45, 2.75) is 44.6 Å². The van der Waals surface area contributed by atoms with Gasteiger partial charge < -0.3 is 15.5 Å². The van der Waals surface area contributed by atoms with Crippen LogP contribution >= 0.6 is 0 Å². The minimum absolute atomic E-state index is 0.768. The van der Waals surface area contributed by atoms with Crippen LogP contribution in [0.1, 0.15) is 38.5 Å². The third-order valence-electron chi connectivity index (χ3n) is 4.91. The number of hydrogen-bond acceptors (Lipinski definition) is 3. The predicted molar refractivity (Wildman–Crippen MR) is 77.7 cm³/mol. The molecule has 3 nitrogen and oxygen atoms in total. The Kier molecular flexibility index (Phi) is 5.46. The molecule has 2 atom stereocenters. The van der Waals surface area contributed by atoms with Crippen molar-refractivity contribution in [2.75, 3.05) is 40.3 Å². The van der Waals surface area contributed by atoms with Crippen molar-refractivity contribution in [1.82, 2.24) is 9.80 Å². The van der Waals surface area contributed by atoms with Gasteiger partial charge in [-0.2, -0.15) is 0 Å². The Hall–Kier alpha value is -0.120. The van der Waals surface area contributed by atoms with E-state index < -0.39 is 0 Å². The minimum Gasteiger partial charge on any atom is -0.330 e. The molecule has 0 aromatic heterocycles. The Labute approximate surface area is 113 Å². The topological polar surface area (TPSA) is 32.5 Å². The molecule has 1 saturated heterocycles. The smallest absolute Gasteiger partial charge is 0.0136 e. The third-order valence-corrected chi connectivity index (χ3v) is 4.91. The standard InChI is InChI=1S/C15H31N3/c1-17(2)12-13-7-9-18(10-8-13)15-6-4-3-5-14(15)11-16/h13-15H,3-12,16H2,1-2H3. The zero-order chi connectivity index (χ0) is 13.0. The average molecular weight is 253 g/mol. The number of nitrogens with two attached hydrogens (primary N) is 1. The summed E-state index contributed by atoms with van der Waals surface area (Å²) in [5, 5.41) is 0. The van der Waals surface area contributed by atoms with Crippen molar-refractivity contribution in [1.29, 1.82) is 0 Å². The summed E-state index contributed by atoms with van der Waals surface area (Å²) >= 11 is 0. The molecule has 2 rings (SSSR count).